The van der Waals surface area contributed by atoms with Gasteiger partial charge in [-0.3, -0.25) is 6.08 Å². The van der Waals surface area contributed by atoms with E-state index in [1.54, 1.807) is 0 Å². The van der Waals surface area contributed by atoms with Crippen molar-refractivity contribution in [3.05, 3.63) is 31.2 Å². The predicted molar refractivity (Wildman–Crippen MR) is 56.3 cm³/mol. The molecule has 1 rings (SSSR count). The molecule has 0 saturated heterocycles. The third-order valence-electron chi connectivity index (χ3n) is 0.939. The van der Waals surface area contributed by atoms with Crippen LogP contribution in [0.5, 0.6) is 0 Å². The molecule has 1 aliphatic carbocycles. The van der Waals surface area contributed by atoms with Crippen LogP contribution in [0.2, 0.25) is 0 Å². The summed E-state index contributed by atoms with van der Waals surface area (Å²) < 4.78 is 0. The van der Waals surface area contributed by atoms with E-state index in [0.29, 0.717) is 0 Å². The summed E-state index contributed by atoms with van der Waals surface area (Å²) >= 11 is 0. The molecule has 0 aliphatic heterocycles. The zero-order valence-electron chi connectivity index (χ0n) is 7.38. The maximum atomic E-state index is 3.60. The summed E-state index contributed by atoms with van der Waals surface area (Å²) in [5.74, 6) is 0. The van der Waals surface area contributed by atoms with Crippen molar-refractivity contribution in [2.24, 2.45) is 0 Å². The molecule has 0 unspecified atom stereocenters. The van der Waals surface area contributed by atoms with Gasteiger partial charge in [0.15, 0.2) is 0 Å². The summed E-state index contributed by atoms with van der Waals surface area (Å²) in [6, 6.07) is 0. The maximum absolute atomic E-state index is 3.60. The summed E-state index contributed by atoms with van der Waals surface area (Å²) in [4.78, 5) is 0. The van der Waals surface area contributed by atoms with Crippen molar-refractivity contribution in [2.45, 2.75) is 26.2 Å². The Kier molecular flexibility index (Phi) is 43.6. The van der Waals surface area contributed by atoms with Gasteiger partial charge in [0.25, 0.3) is 0 Å². The molecule has 0 aromatic heterocycles. The third kappa shape index (κ3) is 22.4. The van der Waals surface area contributed by atoms with Gasteiger partial charge in [-0.1, -0.05) is 13.3 Å². The van der Waals surface area contributed by atoms with Crippen LogP contribution in [0, 0.1) is 13.0 Å². The molecule has 1 aliphatic rings. The van der Waals surface area contributed by atoms with Gasteiger partial charge in [-0.25, -0.2) is 12.2 Å². The summed E-state index contributed by atoms with van der Waals surface area (Å²) in [7, 11) is 0. The number of allylic oxidation sites excluding steroid dienone is 4. The molecule has 0 saturated carbocycles. The van der Waals surface area contributed by atoms with Crippen molar-refractivity contribution >= 4 is 24.8 Å². The predicted octanol–water partition coefficient (Wildman–Crippen LogP) is 3.77. The first-order valence-corrected chi connectivity index (χ1v) is 3.42. The van der Waals surface area contributed by atoms with Gasteiger partial charge in [-0.15, -0.1) is 31.2 Å². The number of rotatable bonds is 1. The molecular formula is C9H16Cl2Zr. The van der Waals surface area contributed by atoms with Crippen molar-refractivity contribution in [3.63, 3.8) is 0 Å². The van der Waals surface area contributed by atoms with Gasteiger partial charge in [-0.2, -0.15) is 12.5 Å². The largest absolute Gasteiger partial charge is 2.00 e. The van der Waals surface area contributed by atoms with Gasteiger partial charge in [0.2, 0.25) is 0 Å². The van der Waals surface area contributed by atoms with Crippen LogP contribution in [0.3, 0.4) is 0 Å². The second kappa shape index (κ2) is 22.7. The molecule has 0 spiro atoms. The van der Waals surface area contributed by atoms with Crippen LogP contribution in [0.25, 0.3) is 0 Å². The van der Waals surface area contributed by atoms with E-state index in [0.717, 1.165) is 12.8 Å². The van der Waals surface area contributed by atoms with Crippen molar-refractivity contribution in [1.29, 1.82) is 0 Å². The summed E-state index contributed by atoms with van der Waals surface area (Å²) in [5.41, 5.74) is 0. The molecule has 3 heteroatoms. The quantitative estimate of drug-likeness (QED) is 0.644. The van der Waals surface area contributed by atoms with Crippen LogP contribution in [-0.2, 0) is 26.2 Å². The smallest absolute Gasteiger partial charge is 0.343 e. The third-order valence-corrected chi connectivity index (χ3v) is 0.939. The van der Waals surface area contributed by atoms with E-state index >= 15 is 0 Å². The van der Waals surface area contributed by atoms with E-state index in [9.17, 15) is 0 Å². The van der Waals surface area contributed by atoms with Crippen LogP contribution in [-0.4, -0.2) is 0 Å². The fourth-order valence-corrected chi connectivity index (χ4v) is 0.340. The zero-order chi connectivity index (χ0) is 6.95. The fraction of sp³-hybridized carbons (Fsp3) is 0.444. The van der Waals surface area contributed by atoms with Crippen LogP contribution in [0.15, 0.2) is 18.2 Å². The Balaban J connectivity index is -0.0000000436. The number of unbranched alkanes of at least 4 members (excludes halogenated alkanes) is 1. The minimum Gasteiger partial charge on any atom is -0.343 e. The SMILES string of the molecule is Cl.Cl.[C-]1=CC=CC1.[CH2-]CCC.[Zr+2]. The van der Waals surface area contributed by atoms with Crippen molar-refractivity contribution in [3.8, 4) is 0 Å². The average molecular weight is 286 g/mol. The molecule has 0 nitrogen and oxygen atoms in total. The Bertz CT molecular complexity index is 88.7. The molecule has 70 valence electrons. The van der Waals surface area contributed by atoms with E-state index in [1.165, 1.54) is 6.42 Å². The van der Waals surface area contributed by atoms with E-state index < -0.39 is 0 Å². The molecular weight excluding hydrogens is 270 g/mol. The average Bonchev–Trinajstić information content (AvgIpc) is 2.43. The minimum absolute atomic E-state index is 0. The van der Waals surface area contributed by atoms with Crippen LogP contribution in [0.4, 0.5) is 0 Å². The normalized spacial score (nSPS) is 9.83. The zero-order valence-corrected chi connectivity index (χ0v) is 11.5. The van der Waals surface area contributed by atoms with Gasteiger partial charge in [0.1, 0.15) is 0 Å². The summed E-state index contributed by atoms with van der Waals surface area (Å²) in [6.07, 6.45) is 12.3. The van der Waals surface area contributed by atoms with Gasteiger partial charge in [0, 0.05) is 0 Å². The van der Waals surface area contributed by atoms with Gasteiger partial charge < -0.3 is 6.92 Å². The first kappa shape index (κ1) is 23.1. The summed E-state index contributed by atoms with van der Waals surface area (Å²) in [6.45, 7) is 5.72. The molecule has 0 amide bonds. The van der Waals surface area contributed by atoms with Crippen LogP contribution >= 0.6 is 24.8 Å². The van der Waals surface area contributed by atoms with E-state index in [4.69, 9.17) is 0 Å². The van der Waals surface area contributed by atoms with Gasteiger partial charge in [0.05, 0.1) is 0 Å². The Hall–Kier alpha value is 0.943. The van der Waals surface area contributed by atoms with Crippen LogP contribution in [0.1, 0.15) is 26.2 Å². The van der Waals surface area contributed by atoms with Crippen molar-refractivity contribution in [1.82, 2.24) is 0 Å². The Morgan fingerprint density at radius 2 is 1.92 bits per heavy atom. The molecule has 0 fully saturated rings. The standard InChI is InChI=1S/C5H5.C4H9.2ClH.Zr/c1-2-4-5-3-1;1-3-4-2;;;/h1-3H,4H2;1,3-4H2,2H3;2*1H;/q2*-1;;;+2. The molecule has 0 radical (unpaired) electrons. The fourth-order valence-electron chi connectivity index (χ4n) is 0.340. The second-order valence-electron chi connectivity index (χ2n) is 1.86. The van der Waals surface area contributed by atoms with Crippen LogP contribution < -0.4 is 0 Å². The van der Waals surface area contributed by atoms with Crippen molar-refractivity contribution in [2.75, 3.05) is 0 Å². The van der Waals surface area contributed by atoms with Gasteiger partial charge >= 0.3 is 26.2 Å². The number of hydrogen-bond acceptors (Lipinski definition) is 0. The van der Waals surface area contributed by atoms with Crippen molar-refractivity contribution < 1.29 is 26.2 Å². The molecule has 0 heterocycles. The first-order chi connectivity index (χ1) is 4.41. The second-order valence-corrected chi connectivity index (χ2v) is 1.86. The summed E-state index contributed by atoms with van der Waals surface area (Å²) in [5, 5.41) is 0. The first-order valence-electron chi connectivity index (χ1n) is 3.42. The minimum atomic E-state index is 0. The van der Waals surface area contributed by atoms with E-state index in [2.05, 4.69) is 26.0 Å². The number of halogens is 2. The Labute approximate surface area is 108 Å². The molecule has 0 aromatic carbocycles. The molecule has 0 N–H and O–H groups in total. The topological polar surface area (TPSA) is 0 Å². The Morgan fingerprint density at radius 3 is 2.00 bits per heavy atom. The molecule has 0 atom stereocenters. The molecule has 0 bridgehead atoms. The van der Waals surface area contributed by atoms with E-state index in [1.807, 2.05) is 12.2 Å². The Morgan fingerprint density at radius 1 is 1.42 bits per heavy atom. The molecule has 0 aromatic rings. The monoisotopic (exact) mass is 284 g/mol. The van der Waals surface area contributed by atoms with Gasteiger partial charge in [-0.05, 0) is 0 Å². The molecule has 12 heavy (non-hydrogen) atoms. The number of hydrogen-bond donors (Lipinski definition) is 0. The van der Waals surface area contributed by atoms with E-state index in [-0.39, 0.29) is 51.0 Å². The maximum Gasteiger partial charge on any atom is 2.00 e.